The van der Waals surface area contributed by atoms with Gasteiger partial charge in [0.25, 0.3) is 0 Å². The lowest BCUT2D eigenvalue weighted by Gasteiger charge is -2.30. The van der Waals surface area contributed by atoms with Gasteiger partial charge in [0.15, 0.2) is 0 Å². The smallest absolute Gasteiger partial charge is 0.241 e. The lowest BCUT2D eigenvalue weighted by Crippen LogP contribution is -2.42. The van der Waals surface area contributed by atoms with Crippen molar-refractivity contribution in [1.29, 1.82) is 0 Å². The third kappa shape index (κ3) is 6.39. The maximum Gasteiger partial charge on any atom is 0.241 e. The van der Waals surface area contributed by atoms with Crippen molar-refractivity contribution in [3.05, 3.63) is 71.1 Å². The number of nitrogens with zero attached hydrogens (tertiary/aromatic N) is 4. The molecule has 1 N–H and O–H groups in total. The summed E-state index contributed by atoms with van der Waals surface area (Å²) in [5.74, 6) is 1.33. The molecule has 7 nitrogen and oxygen atoms in total. The Hall–Kier alpha value is -3.03. The van der Waals surface area contributed by atoms with E-state index >= 15 is 0 Å². The molecule has 1 atom stereocenters. The molecule has 36 heavy (non-hydrogen) atoms. The van der Waals surface area contributed by atoms with Crippen molar-refractivity contribution in [3.63, 3.8) is 0 Å². The maximum absolute atomic E-state index is 13.0. The van der Waals surface area contributed by atoms with Crippen molar-refractivity contribution in [2.24, 2.45) is 5.92 Å². The topological polar surface area (TPSA) is 74.5 Å². The lowest BCUT2D eigenvalue weighted by atomic mass is 9.97. The highest BCUT2D eigenvalue weighted by atomic mass is 16.5. The molecule has 1 aromatic heterocycles. The van der Waals surface area contributed by atoms with E-state index in [0.29, 0.717) is 31.3 Å². The van der Waals surface area contributed by atoms with E-state index in [1.165, 1.54) is 43.5 Å². The molecule has 5 rings (SSSR count). The van der Waals surface area contributed by atoms with E-state index in [0.717, 1.165) is 37.1 Å². The van der Waals surface area contributed by atoms with E-state index < -0.39 is 0 Å². The molecule has 0 bridgehead atoms. The summed E-state index contributed by atoms with van der Waals surface area (Å²) < 4.78 is 5.54. The Morgan fingerprint density at radius 2 is 1.78 bits per heavy atom. The number of aryl methyl sites for hydroxylation is 1. The number of likely N-dealkylation sites (tertiary alicyclic amines) is 2. The molecule has 3 aromatic rings. The van der Waals surface area contributed by atoms with Gasteiger partial charge in [0.2, 0.25) is 17.6 Å². The number of aromatic nitrogens is 2. The standard InChI is InChI=1S/C29H37N5O2/c1-22-9-3-4-13-26(22)28-31-27(36-32-28)21-34-16-8-12-25(20-34)29(35)30-18-23-10-7-11-24(17-23)19-33-14-5-2-6-15-33/h3-4,7,9-11,13,17,25H,2,5-6,8,12,14-16,18-21H2,1H3,(H,30,35). The van der Waals surface area contributed by atoms with Crippen molar-refractivity contribution >= 4 is 5.91 Å². The van der Waals surface area contributed by atoms with Crippen LogP contribution in [0.2, 0.25) is 0 Å². The minimum absolute atomic E-state index is 0.0194. The number of piperidine rings is 2. The van der Waals surface area contributed by atoms with Gasteiger partial charge < -0.3 is 9.84 Å². The molecule has 0 saturated carbocycles. The molecule has 2 aromatic carbocycles. The van der Waals surface area contributed by atoms with Crippen molar-refractivity contribution < 1.29 is 9.32 Å². The van der Waals surface area contributed by atoms with Gasteiger partial charge in [-0.05, 0) is 68.9 Å². The number of carbonyl (C=O) groups excluding carboxylic acids is 1. The summed E-state index contributed by atoms with van der Waals surface area (Å²) in [5.41, 5.74) is 4.61. The Kier molecular flexibility index (Phi) is 8.08. The Balaban J connectivity index is 1.12. The number of nitrogens with one attached hydrogen (secondary N) is 1. The van der Waals surface area contributed by atoms with Crippen LogP contribution in [-0.2, 0) is 24.4 Å². The average Bonchev–Trinajstić information content (AvgIpc) is 3.36. The number of rotatable bonds is 8. The zero-order valence-electron chi connectivity index (χ0n) is 21.3. The van der Waals surface area contributed by atoms with E-state index in [1.807, 2.05) is 31.2 Å². The second kappa shape index (κ2) is 11.8. The van der Waals surface area contributed by atoms with Crippen LogP contribution in [0.15, 0.2) is 53.1 Å². The van der Waals surface area contributed by atoms with Crippen molar-refractivity contribution in [2.75, 3.05) is 26.2 Å². The third-order valence-corrected chi connectivity index (χ3v) is 7.40. The van der Waals surface area contributed by atoms with Gasteiger partial charge >= 0.3 is 0 Å². The highest BCUT2D eigenvalue weighted by Crippen LogP contribution is 2.22. The maximum atomic E-state index is 13.0. The van der Waals surface area contributed by atoms with E-state index in [4.69, 9.17) is 4.52 Å². The zero-order valence-corrected chi connectivity index (χ0v) is 21.3. The van der Waals surface area contributed by atoms with Crippen LogP contribution >= 0.6 is 0 Å². The van der Waals surface area contributed by atoms with Crippen LogP contribution in [-0.4, -0.2) is 52.0 Å². The first-order chi connectivity index (χ1) is 17.6. The second-order valence-electron chi connectivity index (χ2n) is 10.3. The molecule has 2 aliphatic rings. The summed E-state index contributed by atoms with van der Waals surface area (Å²) in [6.45, 7) is 8.22. The first kappa shape index (κ1) is 24.7. The quantitative estimate of drug-likeness (QED) is 0.502. The minimum atomic E-state index is -0.0194. The summed E-state index contributed by atoms with van der Waals surface area (Å²) in [7, 11) is 0. The third-order valence-electron chi connectivity index (χ3n) is 7.40. The number of hydrogen-bond donors (Lipinski definition) is 1. The van der Waals surface area contributed by atoms with Gasteiger partial charge in [0.05, 0.1) is 12.5 Å². The Morgan fingerprint density at radius 1 is 0.972 bits per heavy atom. The summed E-state index contributed by atoms with van der Waals surface area (Å²) >= 11 is 0. The lowest BCUT2D eigenvalue weighted by molar-refractivity contribution is -0.127. The Labute approximate surface area is 213 Å². The molecular weight excluding hydrogens is 450 g/mol. The number of benzene rings is 2. The molecule has 2 aliphatic heterocycles. The van der Waals surface area contributed by atoms with E-state index in [2.05, 4.69) is 49.5 Å². The highest BCUT2D eigenvalue weighted by Gasteiger charge is 2.27. The van der Waals surface area contributed by atoms with Gasteiger partial charge in [-0.25, -0.2) is 0 Å². The van der Waals surface area contributed by atoms with Crippen LogP contribution < -0.4 is 5.32 Å². The van der Waals surface area contributed by atoms with E-state index in [-0.39, 0.29) is 11.8 Å². The molecule has 1 unspecified atom stereocenters. The fraction of sp³-hybridized carbons (Fsp3) is 0.483. The molecular formula is C29H37N5O2. The van der Waals surface area contributed by atoms with Crippen LogP contribution in [0.25, 0.3) is 11.4 Å². The van der Waals surface area contributed by atoms with Gasteiger partial charge in [-0.3, -0.25) is 14.6 Å². The first-order valence-electron chi connectivity index (χ1n) is 13.3. The van der Waals surface area contributed by atoms with Gasteiger partial charge in [-0.1, -0.05) is 60.1 Å². The van der Waals surface area contributed by atoms with Gasteiger partial charge in [0.1, 0.15) is 0 Å². The van der Waals surface area contributed by atoms with Crippen LogP contribution in [0.5, 0.6) is 0 Å². The van der Waals surface area contributed by atoms with Crippen LogP contribution in [0.3, 0.4) is 0 Å². The second-order valence-corrected chi connectivity index (χ2v) is 10.3. The Morgan fingerprint density at radius 3 is 2.64 bits per heavy atom. The first-order valence-corrected chi connectivity index (χ1v) is 13.3. The average molecular weight is 488 g/mol. The zero-order chi connectivity index (χ0) is 24.7. The molecule has 0 spiro atoms. The number of carbonyl (C=O) groups is 1. The van der Waals surface area contributed by atoms with E-state index in [1.54, 1.807) is 0 Å². The van der Waals surface area contributed by atoms with Crippen LogP contribution in [0.4, 0.5) is 0 Å². The summed E-state index contributed by atoms with van der Waals surface area (Å²) in [5, 5.41) is 7.36. The van der Waals surface area contributed by atoms with Gasteiger partial charge in [-0.2, -0.15) is 4.98 Å². The summed E-state index contributed by atoms with van der Waals surface area (Å²) in [4.78, 5) is 22.4. The normalized spacial score (nSPS) is 19.3. The molecule has 0 aliphatic carbocycles. The Bertz CT molecular complexity index is 1150. The van der Waals surface area contributed by atoms with Crippen LogP contribution in [0.1, 0.15) is 54.7 Å². The van der Waals surface area contributed by atoms with E-state index in [9.17, 15) is 4.79 Å². The molecule has 1 amide bonds. The summed E-state index contributed by atoms with van der Waals surface area (Å²) in [6.07, 6.45) is 5.85. The predicted octanol–water partition coefficient (Wildman–Crippen LogP) is 4.56. The van der Waals surface area contributed by atoms with Crippen LogP contribution in [0, 0.1) is 12.8 Å². The van der Waals surface area contributed by atoms with Crippen molar-refractivity contribution in [2.45, 2.75) is 58.7 Å². The SMILES string of the molecule is Cc1ccccc1-c1noc(CN2CCCC(C(=O)NCc3cccc(CN4CCCCC4)c3)C2)n1. The summed E-state index contributed by atoms with van der Waals surface area (Å²) in [6, 6.07) is 16.7. The van der Waals surface area contributed by atoms with Gasteiger partial charge in [0, 0.05) is 25.2 Å². The fourth-order valence-corrected chi connectivity index (χ4v) is 5.40. The molecule has 3 heterocycles. The molecule has 2 fully saturated rings. The fourth-order valence-electron chi connectivity index (χ4n) is 5.40. The predicted molar refractivity (Wildman–Crippen MR) is 140 cm³/mol. The molecule has 2 saturated heterocycles. The largest absolute Gasteiger partial charge is 0.352 e. The van der Waals surface area contributed by atoms with Gasteiger partial charge in [-0.15, -0.1) is 0 Å². The molecule has 0 radical (unpaired) electrons. The molecule has 190 valence electrons. The number of hydrogen-bond acceptors (Lipinski definition) is 6. The molecule has 7 heteroatoms. The highest BCUT2D eigenvalue weighted by molar-refractivity contribution is 5.79. The van der Waals surface area contributed by atoms with Crippen molar-refractivity contribution in [3.8, 4) is 11.4 Å². The minimum Gasteiger partial charge on any atom is -0.352 e. The number of amides is 1. The van der Waals surface area contributed by atoms with Crippen molar-refractivity contribution in [1.82, 2.24) is 25.3 Å². The monoisotopic (exact) mass is 487 g/mol.